The largest absolute Gasteiger partial charge is 0.466 e. The van der Waals surface area contributed by atoms with E-state index in [0.717, 1.165) is 0 Å². The second-order valence-corrected chi connectivity index (χ2v) is 2.59. The monoisotopic (exact) mass is 207 g/mol. The Balaban J connectivity index is 3.55. The molecular weight excluding hydrogens is 194 g/mol. The lowest BCUT2D eigenvalue weighted by atomic mass is 10.2. The standard InChI is InChI=1S/C7H13NO4S/c1-5(9)11-3-2-6(8)7(10)12-4-13/h6,13H,2-4,8H2,1H3/t6-/m0/s1. The van der Waals surface area contributed by atoms with Crippen molar-refractivity contribution in [3.8, 4) is 0 Å². The van der Waals surface area contributed by atoms with Crippen molar-refractivity contribution in [3.05, 3.63) is 0 Å². The van der Waals surface area contributed by atoms with Gasteiger partial charge in [-0.3, -0.25) is 9.59 Å². The molecule has 0 bridgehead atoms. The molecule has 0 aromatic rings. The Morgan fingerprint density at radius 1 is 1.46 bits per heavy atom. The Hall–Kier alpha value is -0.750. The van der Waals surface area contributed by atoms with Crippen molar-refractivity contribution in [1.82, 2.24) is 0 Å². The first-order valence-electron chi connectivity index (χ1n) is 3.74. The molecule has 0 saturated heterocycles. The van der Waals surface area contributed by atoms with E-state index in [1.165, 1.54) is 6.92 Å². The minimum Gasteiger partial charge on any atom is -0.466 e. The number of hydrogen-bond acceptors (Lipinski definition) is 6. The molecule has 0 rings (SSSR count). The molecule has 0 fully saturated rings. The van der Waals surface area contributed by atoms with E-state index in [9.17, 15) is 9.59 Å². The quantitative estimate of drug-likeness (QED) is 0.367. The molecule has 0 aromatic carbocycles. The number of ether oxygens (including phenoxy) is 2. The highest BCUT2D eigenvalue weighted by atomic mass is 32.1. The number of rotatable bonds is 5. The molecule has 0 aromatic heterocycles. The number of thiol groups is 1. The topological polar surface area (TPSA) is 78.6 Å². The Morgan fingerprint density at radius 3 is 2.54 bits per heavy atom. The molecule has 6 heteroatoms. The van der Waals surface area contributed by atoms with Gasteiger partial charge < -0.3 is 15.2 Å². The van der Waals surface area contributed by atoms with Crippen LogP contribution in [0.5, 0.6) is 0 Å². The van der Waals surface area contributed by atoms with Crippen molar-refractivity contribution in [1.29, 1.82) is 0 Å². The normalized spacial score (nSPS) is 11.9. The van der Waals surface area contributed by atoms with Crippen LogP contribution in [-0.4, -0.2) is 30.5 Å². The summed E-state index contributed by atoms with van der Waals surface area (Å²) < 4.78 is 9.12. The highest BCUT2D eigenvalue weighted by molar-refractivity contribution is 7.80. The van der Waals surface area contributed by atoms with E-state index >= 15 is 0 Å². The maximum Gasteiger partial charge on any atom is 0.323 e. The second-order valence-electron chi connectivity index (χ2n) is 2.33. The fourth-order valence-corrected chi connectivity index (χ4v) is 0.745. The molecule has 0 heterocycles. The van der Waals surface area contributed by atoms with E-state index in [2.05, 4.69) is 22.1 Å². The van der Waals surface area contributed by atoms with Gasteiger partial charge in [0.25, 0.3) is 0 Å². The molecule has 13 heavy (non-hydrogen) atoms. The summed E-state index contributed by atoms with van der Waals surface area (Å²) in [4.78, 5) is 21.2. The van der Waals surface area contributed by atoms with Gasteiger partial charge in [-0.15, -0.1) is 12.6 Å². The molecule has 0 aliphatic carbocycles. The van der Waals surface area contributed by atoms with Gasteiger partial charge in [0, 0.05) is 13.3 Å². The van der Waals surface area contributed by atoms with Gasteiger partial charge in [-0.25, -0.2) is 0 Å². The van der Waals surface area contributed by atoms with E-state index in [-0.39, 0.29) is 19.0 Å². The van der Waals surface area contributed by atoms with Crippen LogP contribution in [0.25, 0.3) is 0 Å². The molecular formula is C7H13NO4S. The SMILES string of the molecule is CC(=O)OCC[C@H](N)C(=O)OCS. The summed E-state index contributed by atoms with van der Waals surface area (Å²) in [5.41, 5.74) is 5.39. The molecule has 0 spiro atoms. The average molecular weight is 207 g/mol. The van der Waals surface area contributed by atoms with Gasteiger partial charge in [0.15, 0.2) is 0 Å². The Kier molecular flexibility index (Phi) is 6.34. The first-order valence-corrected chi connectivity index (χ1v) is 4.37. The van der Waals surface area contributed by atoms with E-state index in [1.54, 1.807) is 0 Å². The Bertz CT molecular complexity index is 185. The van der Waals surface area contributed by atoms with E-state index in [1.807, 2.05) is 0 Å². The molecule has 0 aliphatic rings. The van der Waals surface area contributed by atoms with E-state index in [4.69, 9.17) is 5.73 Å². The number of nitrogens with two attached hydrogens (primary N) is 1. The Labute approximate surface area is 82.0 Å². The van der Waals surface area contributed by atoms with Crippen molar-refractivity contribution in [2.24, 2.45) is 5.73 Å². The molecule has 0 unspecified atom stereocenters. The fraction of sp³-hybridized carbons (Fsp3) is 0.714. The number of carbonyl (C=O) groups excluding carboxylic acids is 2. The van der Waals surface area contributed by atoms with Crippen molar-refractivity contribution in [2.75, 3.05) is 12.5 Å². The van der Waals surface area contributed by atoms with Crippen LogP contribution < -0.4 is 5.73 Å². The number of carbonyl (C=O) groups is 2. The fourth-order valence-electron chi connectivity index (χ4n) is 0.618. The lowest BCUT2D eigenvalue weighted by molar-refractivity contribution is -0.146. The van der Waals surface area contributed by atoms with Crippen molar-refractivity contribution in [2.45, 2.75) is 19.4 Å². The highest BCUT2D eigenvalue weighted by Crippen LogP contribution is 1.94. The summed E-state index contributed by atoms with van der Waals surface area (Å²) in [6.45, 7) is 1.41. The van der Waals surface area contributed by atoms with Crippen molar-refractivity contribution < 1.29 is 19.1 Å². The highest BCUT2D eigenvalue weighted by Gasteiger charge is 2.14. The summed E-state index contributed by atoms with van der Waals surface area (Å²) in [5, 5.41) is 0. The predicted octanol–water partition coefficient (Wildman–Crippen LogP) is -0.303. The van der Waals surface area contributed by atoms with E-state index in [0.29, 0.717) is 0 Å². The van der Waals surface area contributed by atoms with Crippen LogP contribution in [-0.2, 0) is 19.1 Å². The van der Waals surface area contributed by atoms with Gasteiger partial charge in [0.2, 0.25) is 0 Å². The smallest absolute Gasteiger partial charge is 0.323 e. The van der Waals surface area contributed by atoms with Gasteiger partial charge in [-0.05, 0) is 0 Å². The predicted molar refractivity (Wildman–Crippen MR) is 49.2 cm³/mol. The third kappa shape index (κ3) is 6.41. The molecule has 0 saturated carbocycles. The summed E-state index contributed by atoms with van der Waals surface area (Å²) in [5.74, 6) is -0.933. The zero-order chi connectivity index (χ0) is 10.3. The number of esters is 2. The molecule has 1 atom stereocenters. The first kappa shape index (κ1) is 12.2. The molecule has 2 N–H and O–H groups in total. The first-order chi connectivity index (χ1) is 6.07. The van der Waals surface area contributed by atoms with Crippen LogP contribution in [0.1, 0.15) is 13.3 Å². The van der Waals surface area contributed by atoms with Crippen LogP contribution in [0, 0.1) is 0 Å². The van der Waals surface area contributed by atoms with Crippen molar-refractivity contribution in [3.63, 3.8) is 0 Å². The molecule has 0 aliphatic heterocycles. The molecule has 0 amide bonds. The average Bonchev–Trinajstić information content (AvgIpc) is 2.04. The van der Waals surface area contributed by atoms with Gasteiger partial charge in [-0.2, -0.15) is 0 Å². The van der Waals surface area contributed by atoms with Crippen LogP contribution in [0.15, 0.2) is 0 Å². The van der Waals surface area contributed by atoms with Gasteiger partial charge >= 0.3 is 11.9 Å². The molecule has 0 radical (unpaired) electrons. The second kappa shape index (κ2) is 6.73. The zero-order valence-electron chi connectivity index (χ0n) is 7.36. The zero-order valence-corrected chi connectivity index (χ0v) is 8.25. The molecule has 5 nitrogen and oxygen atoms in total. The minimum atomic E-state index is -0.758. The van der Waals surface area contributed by atoms with Crippen molar-refractivity contribution >= 4 is 24.6 Å². The van der Waals surface area contributed by atoms with Crippen LogP contribution >= 0.6 is 12.6 Å². The van der Waals surface area contributed by atoms with Gasteiger partial charge in [-0.1, -0.05) is 0 Å². The lowest BCUT2D eigenvalue weighted by Crippen LogP contribution is -2.33. The maximum absolute atomic E-state index is 10.9. The third-order valence-corrected chi connectivity index (χ3v) is 1.37. The number of hydrogen-bond donors (Lipinski definition) is 2. The van der Waals surface area contributed by atoms with E-state index < -0.39 is 18.0 Å². The van der Waals surface area contributed by atoms with Gasteiger partial charge in [0.1, 0.15) is 12.0 Å². The van der Waals surface area contributed by atoms with Crippen LogP contribution in [0.4, 0.5) is 0 Å². The maximum atomic E-state index is 10.9. The van der Waals surface area contributed by atoms with Crippen LogP contribution in [0.3, 0.4) is 0 Å². The summed E-state index contributed by atoms with van der Waals surface area (Å²) in [6.07, 6.45) is 0.256. The summed E-state index contributed by atoms with van der Waals surface area (Å²) in [7, 11) is 0. The Morgan fingerprint density at radius 2 is 2.08 bits per heavy atom. The lowest BCUT2D eigenvalue weighted by Gasteiger charge is -2.09. The van der Waals surface area contributed by atoms with Gasteiger partial charge in [0.05, 0.1) is 6.61 Å². The summed E-state index contributed by atoms with van der Waals surface area (Å²) >= 11 is 3.69. The minimum absolute atomic E-state index is 0.0000980. The molecule has 76 valence electrons. The van der Waals surface area contributed by atoms with Crippen LogP contribution in [0.2, 0.25) is 0 Å². The summed E-state index contributed by atoms with van der Waals surface area (Å²) in [6, 6.07) is -0.758. The third-order valence-electron chi connectivity index (χ3n) is 1.24.